The van der Waals surface area contributed by atoms with Crippen molar-refractivity contribution in [1.82, 2.24) is 15.1 Å². The van der Waals surface area contributed by atoms with E-state index in [9.17, 15) is 4.79 Å². The van der Waals surface area contributed by atoms with Crippen LogP contribution in [0, 0.1) is 0 Å². The average Bonchev–Trinajstić information content (AvgIpc) is 3.07. The lowest BCUT2D eigenvalue weighted by Gasteiger charge is -2.31. The van der Waals surface area contributed by atoms with Gasteiger partial charge in [0.15, 0.2) is 5.69 Å². The maximum Gasteiger partial charge on any atom is 0.356 e. The van der Waals surface area contributed by atoms with Crippen LogP contribution in [0.15, 0.2) is 24.3 Å². The van der Waals surface area contributed by atoms with Crippen molar-refractivity contribution in [1.29, 1.82) is 0 Å². The van der Waals surface area contributed by atoms with Gasteiger partial charge >= 0.3 is 5.97 Å². The maximum absolute atomic E-state index is 10.9. The monoisotopic (exact) mass is 349 g/mol. The molecule has 3 rings (SSSR count). The molecule has 0 unspecified atom stereocenters. The molecule has 2 heterocycles. The molecule has 1 saturated heterocycles. The van der Waals surface area contributed by atoms with Gasteiger partial charge in [0.25, 0.3) is 0 Å². The fourth-order valence-corrected chi connectivity index (χ4v) is 3.31. The van der Waals surface area contributed by atoms with Crippen molar-refractivity contribution in [3.8, 4) is 5.75 Å². The van der Waals surface area contributed by atoms with E-state index in [1.807, 2.05) is 18.2 Å². The van der Waals surface area contributed by atoms with Gasteiger partial charge in [-0.3, -0.25) is 10.00 Å². The molecule has 1 fully saturated rings. The van der Waals surface area contributed by atoms with Crippen LogP contribution >= 0.6 is 11.6 Å². The number of hydrogen-bond acceptors (Lipinski definition) is 4. The number of carboxylic acids is 1. The van der Waals surface area contributed by atoms with Gasteiger partial charge in [-0.2, -0.15) is 5.10 Å². The zero-order valence-corrected chi connectivity index (χ0v) is 14.2. The van der Waals surface area contributed by atoms with E-state index in [0.29, 0.717) is 16.7 Å². The van der Waals surface area contributed by atoms with E-state index in [4.69, 9.17) is 21.4 Å². The number of aromatic amines is 1. The van der Waals surface area contributed by atoms with Crippen LogP contribution in [-0.4, -0.2) is 46.4 Å². The third kappa shape index (κ3) is 3.71. The number of carbonyl (C=O) groups is 1. The van der Waals surface area contributed by atoms with Gasteiger partial charge in [-0.25, -0.2) is 4.79 Å². The van der Waals surface area contributed by atoms with Crippen molar-refractivity contribution in [2.45, 2.75) is 25.3 Å². The van der Waals surface area contributed by atoms with Gasteiger partial charge in [-0.15, -0.1) is 0 Å². The minimum absolute atomic E-state index is 0.0840. The zero-order chi connectivity index (χ0) is 17.1. The van der Waals surface area contributed by atoms with Gasteiger partial charge in [-0.05, 0) is 49.7 Å². The number of nitrogens with one attached hydrogen (secondary N) is 1. The number of aromatic nitrogens is 2. The largest absolute Gasteiger partial charge is 0.495 e. The number of aromatic carboxylic acids is 1. The molecule has 128 valence electrons. The number of halogens is 1. The number of carboxylic acid groups (broad SMARTS) is 1. The van der Waals surface area contributed by atoms with E-state index in [-0.39, 0.29) is 5.69 Å². The predicted molar refractivity (Wildman–Crippen MR) is 90.8 cm³/mol. The second kappa shape index (κ2) is 7.23. The maximum atomic E-state index is 10.9. The van der Waals surface area contributed by atoms with Crippen LogP contribution in [0.25, 0.3) is 0 Å². The minimum Gasteiger partial charge on any atom is -0.495 e. The standard InChI is InChI=1S/C17H20ClN3O3/c1-24-16-8-11(2-3-13(16)18)10-21-6-4-12(5-7-21)14-9-15(17(22)23)20-19-14/h2-3,8-9,12H,4-7,10H2,1H3,(H,19,20)(H,22,23). The lowest BCUT2D eigenvalue weighted by atomic mass is 9.93. The fraction of sp³-hybridized carbons (Fsp3) is 0.412. The lowest BCUT2D eigenvalue weighted by Crippen LogP contribution is -2.32. The Morgan fingerprint density at radius 3 is 2.79 bits per heavy atom. The molecule has 7 heteroatoms. The summed E-state index contributed by atoms with van der Waals surface area (Å²) in [5, 5.41) is 16.3. The first-order valence-electron chi connectivity index (χ1n) is 7.90. The van der Waals surface area contributed by atoms with E-state index in [0.717, 1.165) is 38.2 Å². The Balaban J connectivity index is 1.57. The van der Waals surface area contributed by atoms with Crippen LogP contribution in [0.2, 0.25) is 5.02 Å². The first kappa shape index (κ1) is 16.8. The van der Waals surface area contributed by atoms with Gasteiger partial charge in [0.2, 0.25) is 0 Å². The Hall–Kier alpha value is -2.05. The first-order valence-corrected chi connectivity index (χ1v) is 8.28. The van der Waals surface area contributed by atoms with Crippen molar-refractivity contribution in [3.63, 3.8) is 0 Å². The molecule has 6 nitrogen and oxygen atoms in total. The second-order valence-corrected chi connectivity index (χ2v) is 6.44. The minimum atomic E-state index is -0.994. The number of H-pyrrole nitrogens is 1. The third-order valence-corrected chi connectivity index (χ3v) is 4.78. The molecule has 0 atom stereocenters. The smallest absolute Gasteiger partial charge is 0.356 e. The third-order valence-electron chi connectivity index (χ3n) is 4.47. The van der Waals surface area contributed by atoms with E-state index >= 15 is 0 Å². The van der Waals surface area contributed by atoms with Crippen LogP contribution in [-0.2, 0) is 6.54 Å². The summed E-state index contributed by atoms with van der Waals surface area (Å²) in [5.74, 6) is 0.0379. The molecular weight excluding hydrogens is 330 g/mol. The zero-order valence-electron chi connectivity index (χ0n) is 13.5. The quantitative estimate of drug-likeness (QED) is 0.867. The highest BCUT2D eigenvalue weighted by molar-refractivity contribution is 6.32. The molecule has 1 aliphatic heterocycles. The van der Waals surface area contributed by atoms with Gasteiger partial charge in [-0.1, -0.05) is 17.7 Å². The molecule has 1 aromatic heterocycles. The number of methoxy groups -OCH3 is 1. The summed E-state index contributed by atoms with van der Waals surface area (Å²) in [7, 11) is 1.62. The molecule has 0 radical (unpaired) electrons. The lowest BCUT2D eigenvalue weighted by molar-refractivity contribution is 0.0690. The summed E-state index contributed by atoms with van der Waals surface area (Å²) in [6, 6.07) is 7.50. The van der Waals surface area contributed by atoms with Crippen LogP contribution in [0.5, 0.6) is 5.75 Å². The van der Waals surface area contributed by atoms with Crippen molar-refractivity contribution in [2.75, 3.05) is 20.2 Å². The Bertz CT molecular complexity index is 724. The summed E-state index contributed by atoms with van der Waals surface area (Å²) in [4.78, 5) is 13.3. The highest BCUT2D eigenvalue weighted by Crippen LogP contribution is 2.29. The van der Waals surface area contributed by atoms with Crippen LogP contribution in [0.3, 0.4) is 0 Å². The van der Waals surface area contributed by atoms with E-state index in [1.165, 1.54) is 5.56 Å². The molecule has 0 aliphatic carbocycles. The van der Waals surface area contributed by atoms with Gasteiger partial charge in [0.1, 0.15) is 5.75 Å². The molecule has 1 aromatic carbocycles. The number of rotatable bonds is 5. The summed E-state index contributed by atoms with van der Waals surface area (Å²) >= 11 is 6.06. The molecule has 2 N–H and O–H groups in total. The van der Waals surface area contributed by atoms with Crippen LogP contribution in [0.4, 0.5) is 0 Å². The van der Waals surface area contributed by atoms with Crippen LogP contribution < -0.4 is 4.74 Å². The first-order chi connectivity index (χ1) is 11.6. The number of piperidine rings is 1. The Morgan fingerprint density at radius 2 is 2.17 bits per heavy atom. The number of hydrogen-bond donors (Lipinski definition) is 2. The van der Waals surface area contributed by atoms with Crippen molar-refractivity contribution in [3.05, 3.63) is 46.2 Å². The Labute approximate surface area is 145 Å². The molecule has 0 spiro atoms. The summed E-state index contributed by atoms with van der Waals surface area (Å²) in [6.07, 6.45) is 1.96. The molecule has 2 aromatic rings. The van der Waals surface area contributed by atoms with Crippen molar-refractivity contribution < 1.29 is 14.6 Å². The predicted octanol–water partition coefficient (Wildman–Crippen LogP) is 3.15. The highest BCUT2D eigenvalue weighted by atomic mass is 35.5. The van der Waals surface area contributed by atoms with Gasteiger partial charge in [0, 0.05) is 18.2 Å². The highest BCUT2D eigenvalue weighted by Gasteiger charge is 2.23. The SMILES string of the molecule is COc1cc(CN2CCC(c3cc(C(=O)O)n[nH]3)CC2)ccc1Cl. The molecule has 0 bridgehead atoms. The fourth-order valence-electron chi connectivity index (χ4n) is 3.12. The summed E-state index contributed by atoms with van der Waals surface area (Å²) < 4.78 is 5.26. The molecule has 1 aliphatic rings. The van der Waals surface area contributed by atoms with Crippen molar-refractivity contribution >= 4 is 17.6 Å². The number of nitrogens with zero attached hydrogens (tertiary/aromatic N) is 2. The normalized spacial score (nSPS) is 16.2. The number of ether oxygens (including phenoxy) is 1. The molecular formula is C17H20ClN3O3. The average molecular weight is 350 g/mol. The molecule has 0 amide bonds. The van der Waals surface area contributed by atoms with Gasteiger partial charge < -0.3 is 9.84 Å². The summed E-state index contributed by atoms with van der Waals surface area (Å²) in [5.41, 5.74) is 2.17. The van der Waals surface area contributed by atoms with Gasteiger partial charge in [0.05, 0.1) is 12.1 Å². The molecule has 0 saturated carbocycles. The van der Waals surface area contributed by atoms with Crippen LogP contribution in [0.1, 0.15) is 40.5 Å². The number of likely N-dealkylation sites (tertiary alicyclic amines) is 1. The topological polar surface area (TPSA) is 78.4 Å². The molecule has 24 heavy (non-hydrogen) atoms. The van der Waals surface area contributed by atoms with E-state index in [1.54, 1.807) is 13.2 Å². The number of benzene rings is 1. The second-order valence-electron chi connectivity index (χ2n) is 6.03. The van der Waals surface area contributed by atoms with E-state index < -0.39 is 5.97 Å². The Kier molecular flexibility index (Phi) is 5.06. The Morgan fingerprint density at radius 1 is 1.42 bits per heavy atom. The van der Waals surface area contributed by atoms with Crippen molar-refractivity contribution in [2.24, 2.45) is 0 Å². The van der Waals surface area contributed by atoms with E-state index in [2.05, 4.69) is 15.1 Å². The summed E-state index contributed by atoms with van der Waals surface area (Å²) in [6.45, 7) is 2.76.